The van der Waals surface area contributed by atoms with Crippen LogP contribution in [-0.2, 0) is 14.2 Å². The van der Waals surface area contributed by atoms with E-state index in [2.05, 4.69) is 117 Å². The van der Waals surface area contributed by atoms with Gasteiger partial charge in [0.1, 0.15) is 17.2 Å². The van der Waals surface area contributed by atoms with Crippen molar-refractivity contribution in [2.24, 2.45) is 0 Å². The molecule has 0 fully saturated rings. The SMILES string of the molecule is C=C/C=C(/COCCCC)c1c(OCOC)c(-c2cc3ccccc3c(-c3c(OCCCC)ccc4ccccc34)c2OCOC)cc2ccccc12. The van der Waals surface area contributed by atoms with Crippen LogP contribution in [0.5, 0.6) is 17.2 Å². The highest BCUT2D eigenvalue weighted by Gasteiger charge is 2.27. The monoisotopic (exact) mass is 710 g/mol. The highest BCUT2D eigenvalue weighted by Crippen LogP contribution is 2.52. The van der Waals surface area contributed by atoms with Gasteiger partial charge in [-0.3, -0.25) is 0 Å². The smallest absolute Gasteiger partial charge is 0.188 e. The van der Waals surface area contributed by atoms with Gasteiger partial charge >= 0.3 is 0 Å². The Hall–Kier alpha value is -5.14. The molecular formula is C47H50O6. The first-order valence-corrected chi connectivity index (χ1v) is 18.5. The first-order valence-electron chi connectivity index (χ1n) is 18.5. The molecule has 0 unspecified atom stereocenters. The lowest BCUT2D eigenvalue weighted by Crippen LogP contribution is -2.08. The number of ether oxygens (including phenoxy) is 6. The van der Waals surface area contributed by atoms with Crippen molar-refractivity contribution in [3.05, 3.63) is 121 Å². The Morgan fingerprint density at radius 3 is 1.83 bits per heavy atom. The molecule has 0 bridgehead atoms. The van der Waals surface area contributed by atoms with Gasteiger partial charge in [0.2, 0.25) is 0 Å². The Labute approximate surface area is 313 Å². The van der Waals surface area contributed by atoms with Crippen LogP contribution in [0.1, 0.15) is 45.1 Å². The average Bonchev–Trinajstić information content (AvgIpc) is 3.19. The Bertz CT molecular complexity index is 2200. The minimum atomic E-state index is 0.0384. The number of fused-ring (bicyclic) bond motifs is 3. The summed E-state index contributed by atoms with van der Waals surface area (Å²) in [7, 11) is 3.28. The van der Waals surface area contributed by atoms with E-state index in [1.54, 1.807) is 14.2 Å². The maximum absolute atomic E-state index is 6.76. The lowest BCUT2D eigenvalue weighted by Gasteiger charge is -2.25. The first kappa shape index (κ1) is 37.6. The van der Waals surface area contributed by atoms with Crippen LogP contribution in [0, 0.1) is 0 Å². The Morgan fingerprint density at radius 1 is 0.604 bits per heavy atom. The van der Waals surface area contributed by atoms with Crippen molar-refractivity contribution in [2.75, 3.05) is 47.6 Å². The van der Waals surface area contributed by atoms with Crippen molar-refractivity contribution < 1.29 is 28.4 Å². The van der Waals surface area contributed by atoms with Crippen molar-refractivity contribution in [3.63, 3.8) is 0 Å². The summed E-state index contributed by atoms with van der Waals surface area (Å²) in [5.74, 6) is 2.13. The number of hydrogen-bond acceptors (Lipinski definition) is 6. The molecule has 0 saturated heterocycles. The third-order valence-corrected chi connectivity index (χ3v) is 9.37. The van der Waals surface area contributed by atoms with Crippen molar-refractivity contribution in [1.29, 1.82) is 0 Å². The molecule has 0 amide bonds. The summed E-state index contributed by atoms with van der Waals surface area (Å²) < 4.78 is 37.4. The minimum absolute atomic E-state index is 0.0384. The van der Waals surface area contributed by atoms with Gasteiger partial charge in [0.15, 0.2) is 13.6 Å². The van der Waals surface area contributed by atoms with Crippen LogP contribution in [0.15, 0.2) is 116 Å². The van der Waals surface area contributed by atoms with Crippen LogP contribution >= 0.6 is 0 Å². The van der Waals surface area contributed by atoms with E-state index in [4.69, 9.17) is 28.4 Å². The molecule has 0 N–H and O–H groups in total. The van der Waals surface area contributed by atoms with Crippen LogP contribution in [-0.4, -0.2) is 47.6 Å². The first-order chi connectivity index (χ1) is 26.1. The molecule has 274 valence electrons. The van der Waals surface area contributed by atoms with Gasteiger partial charge in [-0.15, -0.1) is 0 Å². The zero-order valence-electron chi connectivity index (χ0n) is 31.4. The summed E-state index contributed by atoms with van der Waals surface area (Å²) >= 11 is 0. The van der Waals surface area contributed by atoms with Crippen LogP contribution in [0.3, 0.4) is 0 Å². The quantitative estimate of drug-likeness (QED) is 0.0474. The third kappa shape index (κ3) is 8.26. The number of methoxy groups -OCH3 is 2. The fourth-order valence-corrected chi connectivity index (χ4v) is 6.89. The second-order valence-electron chi connectivity index (χ2n) is 13.0. The van der Waals surface area contributed by atoms with E-state index in [9.17, 15) is 0 Å². The van der Waals surface area contributed by atoms with Gasteiger partial charge in [0.25, 0.3) is 0 Å². The molecular weight excluding hydrogens is 661 g/mol. The molecule has 0 atom stereocenters. The third-order valence-electron chi connectivity index (χ3n) is 9.37. The molecule has 0 saturated carbocycles. The Kier molecular flexibility index (Phi) is 13.2. The van der Waals surface area contributed by atoms with Gasteiger partial charge < -0.3 is 28.4 Å². The van der Waals surface area contributed by atoms with E-state index < -0.39 is 0 Å². The molecule has 53 heavy (non-hydrogen) atoms. The zero-order valence-corrected chi connectivity index (χ0v) is 31.4. The molecule has 0 heterocycles. The van der Waals surface area contributed by atoms with Crippen molar-refractivity contribution in [2.45, 2.75) is 39.5 Å². The summed E-state index contributed by atoms with van der Waals surface area (Å²) in [4.78, 5) is 0. The van der Waals surface area contributed by atoms with Crippen LogP contribution < -0.4 is 14.2 Å². The average molecular weight is 711 g/mol. The molecule has 6 aromatic carbocycles. The molecule has 6 heteroatoms. The number of hydrogen-bond donors (Lipinski definition) is 0. The molecule has 0 radical (unpaired) electrons. The van der Waals surface area contributed by atoms with Crippen molar-refractivity contribution in [1.82, 2.24) is 0 Å². The lowest BCUT2D eigenvalue weighted by atomic mass is 9.86. The van der Waals surface area contributed by atoms with Crippen molar-refractivity contribution in [3.8, 4) is 39.5 Å². The summed E-state index contributed by atoms with van der Waals surface area (Å²) in [6.07, 6.45) is 7.83. The van der Waals surface area contributed by atoms with Gasteiger partial charge in [0.05, 0.1) is 13.2 Å². The topological polar surface area (TPSA) is 55.4 Å². The van der Waals surface area contributed by atoms with E-state index in [0.717, 1.165) is 97.1 Å². The maximum atomic E-state index is 6.76. The molecule has 6 nitrogen and oxygen atoms in total. The van der Waals surface area contributed by atoms with Gasteiger partial charge in [-0.05, 0) is 68.9 Å². The number of unbranched alkanes of at least 4 members (excludes halogenated alkanes) is 2. The van der Waals surface area contributed by atoms with E-state index in [1.165, 1.54) is 0 Å². The number of benzene rings is 6. The van der Waals surface area contributed by atoms with Crippen LogP contribution in [0.4, 0.5) is 0 Å². The Balaban J connectivity index is 1.74. The molecule has 0 aromatic heterocycles. The number of allylic oxidation sites excluding steroid dienone is 2. The van der Waals surface area contributed by atoms with Gasteiger partial charge in [-0.2, -0.15) is 0 Å². The van der Waals surface area contributed by atoms with Crippen LogP contribution in [0.25, 0.3) is 60.1 Å². The van der Waals surface area contributed by atoms with Crippen molar-refractivity contribution >= 4 is 37.9 Å². The standard InChI is InChI=1S/C47H50O6/c1-6-9-26-50-30-36(17-8-3)43-38-22-15-12-19-34(38)28-40(46(43)52-31-48-4)41-29-35-20-13-16-23-39(35)45(47(41)53-32-49-5)44-37-21-14-11-18-33(37)24-25-42(44)51-27-10-7-2/h8,11-25,28-29H,3,6-7,9-10,26-27,30-32H2,1-2,4-5H3/b36-17-. The zero-order chi connectivity index (χ0) is 37.0. The van der Waals surface area contributed by atoms with E-state index in [0.29, 0.717) is 31.3 Å². The fraction of sp³-hybridized carbons (Fsp3) is 0.277. The molecule has 6 rings (SSSR count). The molecule has 6 aromatic rings. The molecule has 0 spiro atoms. The summed E-state index contributed by atoms with van der Waals surface area (Å²) in [5, 5.41) is 6.35. The highest BCUT2D eigenvalue weighted by atomic mass is 16.7. The van der Waals surface area contributed by atoms with E-state index in [1.807, 2.05) is 12.2 Å². The Morgan fingerprint density at radius 2 is 1.17 bits per heavy atom. The summed E-state index contributed by atoms with van der Waals surface area (Å²) in [5.41, 5.74) is 5.49. The molecule has 0 aliphatic carbocycles. The van der Waals surface area contributed by atoms with Gasteiger partial charge in [0, 0.05) is 48.6 Å². The fourth-order valence-electron chi connectivity index (χ4n) is 6.89. The van der Waals surface area contributed by atoms with Gasteiger partial charge in [-0.25, -0.2) is 0 Å². The maximum Gasteiger partial charge on any atom is 0.188 e. The predicted molar refractivity (Wildman–Crippen MR) is 219 cm³/mol. The normalized spacial score (nSPS) is 11.7. The molecule has 0 aliphatic heterocycles. The van der Waals surface area contributed by atoms with E-state index >= 15 is 0 Å². The largest absolute Gasteiger partial charge is 0.493 e. The second-order valence-corrected chi connectivity index (χ2v) is 13.0. The second kappa shape index (κ2) is 18.6. The molecule has 0 aliphatic rings. The lowest BCUT2D eigenvalue weighted by molar-refractivity contribution is 0.0502. The van der Waals surface area contributed by atoms with E-state index in [-0.39, 0.29) is 13.6 Å². The highest BCUT2D eigenvalue weighted by molar-refractivity contribution is 6.13. The number of rotatable bonds is 19. The van der Waals surface area contributed by atoms with Gasteiger partial charge in [-0.1, -0.05) is 124 Å². The summed E-state index contributed by atoms with van der Waals surface area (Å²) in [6.45, 7) is 10.2. The predicted octanol–water partition coefficient (Wildman–Crippen LogP) is 12.0. The summed E-state index contributed by atoms with van der Waals surface area (Å²) in [6, 6.07) is 33.8. The van der Waals surface area contributed by atoms with Crippen LogP contribution in [0.2, 0.25) is 0 Å². The minimum Gasteiger partial charge on any atom is -0.493 e.